The number of benzene rings is 1. The van der Waals surface area contributed by atoms with Crippen LogP contribution in [0.25, 0.3) is 0 Å². The highest BCUT2D eigenvalue weighted by Gasteiger charge is 2.09. The highest BCUT2D eigenvalue weighted by molar-refractivity contribution is 6.30. The third-order valence-electron chi connectivity index (χ3n) is 2.18. The Hall–Kier alpha value is -1.10. The highest BCUT2D eigenvalue weighted by Crippen LogP contribution is 2.09. The molecule has 1 amide bonds. The van der Waals surface area contributed by atoms with Crippen molar-refractivity contribution in [1.29, 1.82) is 0 Å². The first-order valence-corrected chi connectivity index (χ1v) is 5.73. The summed E-state index contributed by atoms with van der Waals surface area (Å²) in [6.45, 7) is 0.751. The molecule has 0 aliphatic carbocycles. The molecule has 0 aliphatic heterocycles. The first kappa shape index (κ1) is 14.0. The third-order valence-corrected chi connectivity index (χ3v) is 2.43. The zero-order chi connectivity index (χ0) is 12.8. The number of carbonyl (C=O) groups excluding carboxylic acids is 1. The molecule has 0 aromatic heterocycles. The van der Waals surface area contributed by atoms with Gasteiger partial charge in [0.25, 0.3) is 5.91 Å². The maximum atomic E-state index is 11.7. The van der Waals surface area contributed by atoms with Crippen LogP contribution in [0.5, 0.6) is 0 Å². The lowest BCUT2D eigenvalue weighted by Gasteiger charge is -2.16. The lowest BCUT2D eigenvalue weighted by molar-refractivity contribution is 0.0892. The second-order valence-electron chi connectivity index (χ2n) is 4.13. The van der Waals surface area contributed by atoms with Gasteiger partial charge in [-0.1, -0.05) is 11.6 Å². The van der Waals surface area contributed by atoms with Gasteiger partial charge in [0.2, 0.25) is 0 Å². The van der Waals surface area contributed by atoms with E-state index in [-0.39, 0.29) is 12.5 Å². The molecule has 5 heteroatoms. The number of nitrogens with zero attached hydrogens (tertiary/aromatic N) is 1. The van der Waals surface area contributed by atoms with Gasteiger partial charge in [-0.2, -0.15) is 0 Å². The van der Waals surface area contributed by atoms with Crippen molar-refractivity contribution in [2.75, 3.05) is 27.2 Å². The van der Waals surface area contributed by atoms with Crippen LogP contribution in [0.3, 0.4) is 0 Å². The third kappa shape index (κ3) is 5.17. The minimum absolute atomic E-state index is 0.209. The van der Waals surface area contributed by atoms with Crippen molar-refractivity contribution in [3.05, 3.63) is 34.9 Å². The van der Waals surface area contributed by atoms with Crippen LogP contribution >= 0.6 is 11.6 Å². The zero-order valence-electron chi connectivity index (χ0n) is 9.98. The van der Waals surface area contributed by atoms with E-state index in [1.165, 1.54) is 0 Å². The summed E-state index contributed by atoms with van der Waals surface area (Å²) < 4.78 is 0. The van der Waals surface area contributed by atoms with Crippen LogP contribution in [0.2, 0.25) is 5.02 Å². The van der Waals surface area contributed by atoms with Crippen LogP contribution in [-0.2, 0) is 0 Å². The Morgan fingerprint density at radius 3 is 2.53 bits per heavy atom. The number of amides is 1. The fourth-order valence-corrected chi connectivity index (χ4v) is 1.53. The Morgan fingerprint density at radius 1 is 1.41 bits per heavy atom. The molecule has 0 aliphatic rings. The summed E-state index contributed by atoms with van der Waals surface area (Å²) in [5.41, 5.74) is 0.534. The van der Waals surface area contributed by atoms with Gasteiger partial charge < -0.3 is 15.3 Å². The van der Waals surface area contributed by atoms with E-state index in [1.807, 2.05) is 19.0 Å². The summed E-state index contributed by atoms with van der Waals surface area (Å²) in [5, 5.41) is 12.8. The van der Waals surface area contributed by atoms with Gasteiger partial charge in [-0.25, -0.2) is 0 Å². The topological polar surface area (TPSA) is 52.6 Å². The van der Waals surface area contributed by atoms with Crippen LogP contribution < -0.4 is 5.32 Å². The SMILES string of the molecule is CN(C)CC(O)CNC(=O)c1ccc(Cl)cc1. The minimum Gasteiger partial charge on any atom is -0.390 e. The molecule has 2 N–H and O–H groups in total. The van der Waals surface area contributed by atoms with Crippen LogP contribution in [-0.4, -0.2) is 49.2 Å². The van der Waals surface area contributed by atoms with Crippen LogP contribution in [0, 0.1) is 0 Å². The second-order valence-corrected chi connectivity index (χ2v) is 4.57. The predicted octanol–water partition coefficient (Wildman–Crippen LogP) is 0.992. The van der Waals surface area contributed by atoms with Gasteiger partial charge in [-0.15, -0.1) is 0 Å². The molecule has 0 saturated heterocycles. The molecule has 1 aromatic carbocycles. The molecule has 0 saturated carbocycles. The molecule has 1 rings (SSSR count). The number of hydrogen-bond donors (Lipinski definition) is 2. The quantitative estimate of drug-likeness (QED) is 0.826. The molecule has 94 valence electrons. The van der Waals surface area contributed by atoms with Gasteiger partial charge in [0.15, 0.2) is 0 Å². The molecule has 0 bridgehead atoms. The van der Waals surface area contributed by atoms with Gasteiger partial charge in [0.1, 0.15) is 0 Å². The zero-order valence-corrected chi connectivity index (χ0v) is 10.7. The van der Waals surface area contributed by atoms with Gasteiger partial charge in [-0.05, 0) is 38.4 Å². The van der Waals surface area contributed by atoms with Gasteiger partial charge in [-0.3, -0.25) is 4.79 Å². The lowest BCUT2D eigenvalue weighted by atomic mass is 10.2. The summed E-state index contributed by atoms with van der Waals surface area (Å²) in [5.74, 6) is -0.209. The van der Waals surface area contributed by atoms with Crippen molar-refractivity contribution in [3.63, 3.8) is 0 Å². The molecule has 1 atom stereocenters. The number of hydrogen-bond acceptors (Lipinski definition) is 3. The monoisotopic (exact) mass is 256 g/mol. The molecule has 0 spiro atoms. The maximum absolute atomic E-state index is 11.7. The van der Waals surface area contributed by atoms with E-state index >= 15 is 0 Å². The average molecular weight is 257 g/mol. The fraction of sp³-hybridized carbons (Fsp3) is 0.417. The van der Waals surface area contributed by atoms with E-state index in [2.05, 4.69) is 5.32 Å². The summed E-state index contributed by atoms with van der Waals surface area (Å²) in [6, 6.07) is 6.62. The molecule has 1 unspecified atom stereocenters. The largest absolute Gasteiger partial charge is 0.390 e. The van der Waals surface area contributed by atoms with Crippen molar-refractivity contribution in [1.82, 2.24) is 10.2 Å². The number of rotatable bonds is 5. The highest BCUT2D eigenvalue weighted by atomic mass is 35.5. The average Bonchev–Trinajstić information content (AvgIpc) is 2.26. The Bertz CT molecular complexity index is 365. The molecule has 1 aromatic rings. The van der Waals surface area contributed by atoms with Crippen molar-refractivity contribution in [2.24, 2.45) is 0 Å². The van der Waals surface area contributed by atoms with Crippen molar-refractivity contribution >= 4 is 17.5 Å². The molecule has 0 fully saturated rings. The molecule has 17 heavy (non-hydrogen) atoms. The van der Waals surface area contributed by atoms with Crippen LogP contribution in [0.1, 0.15) is 10.4 Å². The molecule has 0 heterocycles. The van der Waals surface area contributed by atoms with E-state index in [1.54, 1.807) is 24.3 Å². The van der Waals surface area contributed by atoms with Crippen LogP contribution in [0.15, 0.2) is 24.3 Å². The Kier molecular flexibility index (Phi) is 5.41. The Balaban J connectivity index is 2.42. The maximum Gasteiger partial charge on any atom is 0.251 e. The van der Waals surface area contributed by atoms with E-state index in [0.717, 1.165) is 0 Å². The molecule has 4 nitrogen and oxygen atoms in total. The van der Waals surface area contributed by atoms with Gasteiger partial charge >= 0.3 is 0 Å². The number of aliphatic hydroxyl groups is 1. The van der Waals surface area contributed by atoms with E-state index < -0.39 is 6.10 Å². The first-order valence-electron chi connectivity index (χ1n) is 5.35. The van der Waals surface area contributed by atoms with Gasteiger partial charge in [0.05, 0.1) is 6.10 Å². The summed E-state index contributed by atoms with van der Waals surface area (Å²) in [4.78, 5) is 13.5. The number of aliphatic hydroxyl groups excluding tert-OH is 1. The standard InChI is InChI=1S/C12H17ClN2O2/c1-15(2)8-11(16)7-14-12(17)9-3-5-10(13)6-4-9/h3-6,11,16H,7-8H2,1-2H3,(H,14,17). The van der Waals surface area contributed by atoms with E-state index in [9.17, 15) is 9.90 Å². The van der Waals surface area contributed by atoms with Crippen molar-refractivity contribution in [2.45, 2.75) is 6.10 Å². The lowest BCUT2D eigenvalue weighted by Crippen LogP contribution is -2.37. The molecular formula is C12H17ClN2O2. The predicted molar refractivity (Wildman–Crippen MR) is 68.3 cm³/mol. The van der Waals surface area contributed by atoms with Crippen LogP contribution in [0.4, 0.5) is 0 Å². The van der Waals surface area contributed by atoms with E-state index in [0.29, 0.717) is 17.1 Å². The molecular weight excluding hydrogens is 240 g/mol. The Morgan fingerprint density at radius 2 is 2.00 bits per heavy atom. The Labute approximate surface area is 106 Å². The normalized spacial score (nSPS) is 12.5. The minimum atomic E-state index is -0.568. The second kappa shape index (κ2) is 6.59. The smallest absolute Gasteiger partial charge is 0.251 e. The fourth-order valence-electron chi connectivity index (χ4n) is 1.40. The number of halogens is 1. The summed E-state index contributed by atoms with van der Waals surface area (Å²) in [6.07, 6.45) is -0.568. The summed E-state index contributed by atoms with van der Waals surface area (Å²) in [7, 11) is 3.73. The van der Waals surface area contributed by atoms with Gasteiger partial charge in [0, 0.05) is 23.7 Å². The number of carbonyl (C=O) groups is 1. The number of likely N-dealkylation sites (N-methyl/N-ethyl adjacent to an activating group) is 1. The summed E-state index contributed by atoms with van der Waals surface area (Å²) >= 11 is 5.72. The van der Waals surface area contributed by atoms with Crippen molar-refractivity contribution < 1.29 is 9.90 Å². The van der Waals surface area contributed by atoms with E-state index in [4.69, 9.17) is 11.6 Å². The number of nitrogens with one attached hydrogen (secondary N) is 1. The molecule has 0 radical (unpaired) electrons. The first-order chi connectivity index (χ1) is 7.99. The van der Waals surface area contributed by atoms with Crippen molar-refractivity contribution in [3.8, 4) is 0 Å².